The van der Waals surface area contributed by atoms with Crippen LogP contribution in [0.2, 0.25) is 0 Å². The van der Waals surface area contributed by atoms with E-state index in [0.29, 0.717) is 12.1 Å². The SMILES string of the molecule is C[C@@H](O)c1nc2cnc3[nH]ccc3c2n1C1CCC(n2ccnn2)CC1. The molecular formula is C18H21N7O. The zero-order valence-electron chi connectivity index (χ0n) is 14.6. The molecule has 0 aromatic carbocycles. The number of H-pyrrole nitrogens is 1. The van der Waals surface area contributed by atoms with Crippen molar-refractivity contribution in [1.29, 1.82) is 0 Å². The molecule has 0 aliphatic heterocycles. The van der Waals surface area contributed by atoms with E-state index in [-0.39, 0.29) is 0 Å². The van der Waals surface area contributed by atoms with E-state index in [4.69, 9.17) is 4.98 Å². The van der Waals surface area contributed by atoms with Crippen LogP contribution in [0.1, 0.15) is 56.6 Å². The first-order valence-electron chi connectivity index (χ1n) is 9.10. The number of hydrogen-bond donors (Lipinski definition) is 2. The van der Waals surface area contributed by atoms with Gasteiger partial charge in [-0.2, -0.15) is 0 Å². The highest BCUT2D eigenvalue weighted by atomic mass is 16.3. The number of aliphatic hydroxyl groups excluding tert-OH is 1. The predicted molar refractivity (Wildman–Crippen MR) is 96.6 cm³/mol. The Morgan fingerprint density at radius 2 is 2.04 bits per heavy atom. The minimum atomic E-state index is -0.621. The fourth-order valence-corrected chi connectivity index (χ4v) is 4.27. The number of pyridine rings is 1. The smallest absolute Gasteiger partial charge is 0.139 e. The van der Waals surface area contributed by atoms with Crippen LogP contribution >= 0.6 is 0 Å². The van der Waals surface area contributed by atoms with Crippen molar-refractivity contribution in [3.63, 3.8) is 0 Å². The van der Waals surface area contributed by atoms with Crippen LogP contribution in [-0.2, 0) is 0 Å². The number of nitrogens with one attached hydrogen (secondary N) is 1. The van der Waals surface area contributed by atoms with Crippen LogP contribution in [0, 0.1) is 0 Å². The summed E-state index contributed by atoms with van der Waals surface area (Å²) >= 11 is 0. The normalized spacial score (nSPS) is 22.2. The number of imidazole rings is 1. The van der Waals surface area contributed by atoms with Crippen LogP contribution in [0.4, 0.5) is 0 Å². The van der Waals surface area contributed by atoms with Gasteiger partial charge in [0.05, 0.1) is 24.0 Å². The fraction of sp³-hybridized carbons (Fsp3) is 0.444. The lowest BCUT2D eigenvalue weighted by Crippen LogP contribution is -2.23. The Labute approximate surface area is 149 Å². The van der Waals surface area contributed by atoms with Crippen molar-refractivity contribution in [2.45, 2.75) is 50.8 Å². The lowest BCUT2D eigenvalue weighted by Gasteiger charge is -2.31. The van der Waals surface area contributed by atoms with Crippen LogP contribution in [0.5, 0.6) is 0 Å². The third kappa shape index (κ3) is 2.33. The molecule has 8 nitrogen and oxygen atoms in total. The van der Waals surface area contributed by atoms with Gasteiger partial charge in [-0.15, -0.1) is 5.10 Å². The molecule has 1 aliphatic rings. The molecule has 0 unspecified atom stereocenters. The molecule has 0 saturated heterocycles. The number of rotatable bonds is 3. The van der Waals surface area contributed by atoms with Crippen molar-refractivity contribution in [2.75, 3.05) is 0 Å². The van der Waals surface area contributed by atoms with Crippen LogP contribution in [0.15, 0.2) is 30.9 Å². The molecule has 1 fully saturated rings. The highest BCUT2D eigenvalue weighted by Gasteiger charge is 2.28. The first kappa shape index (κ1) is 15.5. The number of aromatic nitrogens is 7. The van der Waals surface area contributed by atoms with Crippen molar-refractivity contribution >= 4 is 22.1 Å². The van der Waals surface area contributed by atoms with Gasteiger partial charge in [-0.3, -0.25) is 0 Å². The van der Waals surface area contributed by atoms with Crippen LogP contribution in [0.25, 0.3) is 22.1 Å². The number of fused-ring (bicyclic) bond motifs is 3. The Balaban J connectivity index is 1.57. The lowest BCUT2D eigenvalue weighted by molar-refractivity contribution is 0.174. The van der Waals surface area contributed by atoms with E-state index in [2.05, 4.69) is 24.8 Å². The van der Waals surface area contributed by atoms with Crippen LogP contribution in [0.3, 0.4) is 0 Å². The second-order valence-electron chi connectivity index (χ2n) is 7.09. The van der Waals surface area contributed by atoms with E-state index >= 15 is 0 Å². The summed E-state index contributed by atoms with van der Waals surface area (Å²) < 4.78 is 4.21. The first-order valence-corrected chi connectivity index (χ1v) is 9.10. The molecule has 0 radical (unpaired) electrons. The van der Waals surface area contributed by atoms with E-state index in [0.717, 1.165) is 53.6 Å². The molecule has 134 valence electrons. The van der Waals surface area contributed by atoms with E-state index < -0.39 is 6.10 Å². The summed E-state index contributed by atoms with van der Waals surface area (Å²) in [6, 6.07) is 2.74. The summed E-state index contributed by atoms with van der Waals surface area (Å²) in [5.74, 6) is 0.722. The minimum Gasteiger partial charge on any atom is -0.385 e. The number of aromatic amines is 1. The minimum absolute atomic E-state index is 0.310. The quantitative estimate of drug-likeness (QED) is 0.591. The molecule has 4 heterocycles. The highest BCUT2D eigenvalue weighted by molar-refractivity contribution is 6.01. The maximum absolute atomic E-state index is 10.3. The lowest BCUT2D eigenvalue weighted by atomic mass is 9.90. The van der Waals surface area contributed by atoms with Gasteiger partial charge in [-0.05, 0) is 38.7 Å². The Kier molecular flexibility index (Phi) is 3.53. The van der Waals surface area contributed by atoms with Gasteiger partial charge >= 0.3 is 0 Å². The third-order valence-electron chi connectivity index (χ3n) is 5.48. The monoisotopic (exact) mass is 351 g/mol. The van der Waals surface area contributed by atoms with Crippen molar-refractivity contribution in [3.8, 4) is 0 Å². The topological polar surface area (TPSA) is 97.4 Å². The summed E-state index contributed by atoms with van der Waals surface area (Å²) in [4.78, 5) is 12.3. The van der Waals surface area contributed by atoms with E-state index in [1.54, 1.807) is 19.3 Å². The summed E-state index contributed by atoms with van der Waals surface area (Å²) in [6.45, 7) is 1.78. The molecule has 0 spiro atoms. The van der Waals surface area contributed by atoms with Gasteiger partial charge in [0, 0.05) is 23.8 Å². The van der Waals surface area contributed by atoms with E-state index in [1.165, 1.54) is 0 Å². The van der Waals surface area contributed by atoms with Gasteiger partial charge in [0.2, 0.25) is 0 Å². The van der Waals surface area contributed by atoms with Crippen LogP contribution < -0.4 is 0 Å². The van der Waals surface area contributed by atoms with Crippen molar-refractivity contribution in [3.05, 3.63) is 36.7 Å². The van der Waals surface area contributed by atoms with Gasteiger partial charge in [-0.25, -0.2) is 14.6 Å². The third-order valence-corrected chi connectivity index (χ3v) is 5.48. The maximum atomic E-state index is 10.3. The largest absolute Gasteiger partial charge is 0.385 e. The average Bonchev–Trinajstić information content (AvgIpc) is 3.39. The first-order chi connectivity index (χ1) is 12.7. The Bertz CT molecular complexity index is 1040. The highest BCUT2D eigenvalue weighted by Crippen LogP contribution is 2.39. The summed E-state index contributed by atoms with van der Waals surface area (Å²) in [7, 11) is 0. The molecule has 8 heteroatoms. The summed E-state index contributed by atoms with van der Waals surface area (Å²) in [6.07, 6.45) is 10.8. The van der Waals surface area contributed by atoms with Crippen molar-refractivity contribution < 1.29 is 5.11 Å². The van der Waals surface area contributed by atoms with Crippen molar-refractivity contribution in [2.24, 2.45) is 0 Å². The number of aliphatic hydroxyl groups is 1. The maximum Gasteiger partial charge on any atom is 0.139 e. The summed E-state index contributed by atoms with van der Waals surface area (Å²) in [5.41, 5.74) is 2.76. The predicted octanol–water partition coefficient (Wildman–Crippen LogP) is 2.91. The molecule has 4 aromatic heterocycles. The summed E-state index contributed by atoms with van der Waals surface area (Å²) in [5, 5.41) is 19.5. The van der Waals surface area contributed by atoms with Crippen LogP contribution in [-0.4, -0.2) is 39.6 Å². The second-order valence-corrected chi connectivity index (χ2v) is 7.09. The Hall–Kier alpha value is -2.74. The standard InChI is InChI=1S/C18H21N7O/c1-11(26)18-22-15-10-20-17-14(6-7-19-17)16(15)25(18)13-4-2-12(3-5-13)24-9-8-21-23-24/h6-13,26H,2-5H2,1H3,(H,19,20)/t11-,12?,13?/m1/s1. The molecule has 1 saturated carbocycles. The molecule has 0 amide bonds. The molecular weight excluding hydrogens is 330 g/mol. The molecule has 26 heavy (non-hydrogen) atoms. The average molecular weight is 351 g/mol. The van der Waals surface area contributed by atoms with E-state index in [1.807, 2.05) is 23.1 Å². The zero-order valence-corrected chi connectivity index (χ0v) is 14.6. The Morgan fingerprint density at radius 3 is 2.77 bits per heavy atom. The number of hydrogen-bond acceptors (Lipinski definition) is 5. The van der Waals surface area contributed by atoms with E-state index in [9.17, 15) is 5.11 Å². The fourth-order valence-electron chi connectivity index (χ4n) is 4.27. The van der Waals surface area contributed by atoms with Gasteiger partial charge in [0.1, 0.15) is 23.1 Å². The van der Waals surface area contributed by atoms with Gasteiger partial charge < -0.3 is 14.7 Å². The number of nitrogens with zero attached hydrogens (tertiary/aromatic N) is 6. The molecule has 2 N–H and O–H groups in total. The Morgan fingerprint density at radius 1 is 1.23 bits per heavy atom. The van der Waals surface area contributed by atoms with Gasteiger partial charge in [0.25, 0.3) is 0 Å². The second kappa shape index (κ2) is 5.91. The zero-order chi connectivity index (χ0) is 17.7. The van der Waals surface area contributed by atoms with Gasteiger partial charge in [0.15, 0.2) is 0 Å². The van der Waals surface area contributed by atoms with Gasteiger partial charge in [-0.1, -0.05) is 5.21 Å². The molecule has 5 rings (SSSR count). The van der Waals surface area contributed by atoms with Crippen molar-refractivity contribution in [1.82, 2.24) is 34.5 Å². The molecule has 0 bridgehead atoms. The molecule has 4 aromatic rings. The molecule has 1 atom stereocenters. The molecule has 1 aliphatic carbocycles.